The van der Waals surface area contributed by atoms with Crippen LogP contribution in [0.25, 0.3) is 0 Å². The molecule has 0 aromatic carbocycles. The highest BCUT2D eigenvalue weighted by Crippen LogP contribution is 2.11. The van der Waals surface area contributed by atoms with Crippen LogP contribution < -0.4 is 5.32 Å². The van der Waals surface area contributed by atoms with Crippen LogP contribution in [-0.4, -0.2) is 44.2 Å². The predicted octanol–water partition coefficient (Wildman–Crippen LogP) is 0.790. The van der Waals surface area contributed by atoms with Crippen LogP contribution in [0.1, 0.15) is 18.2 Å². The first kappa shape index (κ1) is 15.0. The highest BCUT2D eigenvalue weighted by atomic mass is 32.2. The minimum atomic E-state index is -3.00. The number of oxime groups is 1. The molecular formula is C12H16N2O4S2. The molecule has 1 amide bonds. The average Bonchev–Trinajstić information content (AvgIpc) is 2.99. The molecule has 1 aromatic heterocycles. The van der Waals surface area contributed by atoms with Crippen LogP contribution in [-0.2, 0) is 19.5 Å². The van der Waals surface area contributed by atoms with Gasteiger partial charge in [0, 0.05) is 10.9 Å². The van der Waals surface area contributed by atoms with Crippen molar-refractivity contribution in [2.45, 2.75) is 25.5 Å². The van der Waals surface area contributed by atoms with Gasteiger partial charge in [-0.15, -0.1) is 11.3 Å². The van der Waals surface area contributed by atoms with E-state index in [1.54, 1.807) is 6.92 Å². The Balaban J connectivity index is 1.78. The number of sulfone groups is 1. The average molecular weight is 316 g/mol. The lowest BCUT2D eigenvalue weighted by Crippen LogP contribution is -2.41. The molecule has 1 fully saturated rings. The number of hydrogen-bond donors (Lipinski definition) is 1. The maximum absolute atomic E-state index is 11.8. The molecular weight excluding hydrogens is 300 g/mol. The predicted molar refractivity (Wildman–Crippen MR) is 77.7 cm³/mol. The summed E-state index contributed by atoms with van der Waals surface area (Å²) in [6.07, 6.45) is 1.24. The summed E-state index contributed by atoms with van der Waals surface area (Å²) in [5.41, 5.74) is 0. The number of nitrogens with zero attached hydrogens (tertiary/aromatic N) is 1. The van der Waals surface area contributed by atoms with Crippen molar-refractivity contribution in [3.8, 4) is 0 Å². The number of thiophene rings is 1. The molecule has 1 aliphatic heterocycles. The maximum Gasteiger partial charge on any atom is 0.263 e. The fourth-order valence-corrected chi connectivity index (χ4v) is 4.06. The smallest absolute Gasteiger partial charge is 0.263 e. The molecule has 0 spiro atoms. The molecule has 0 saturated carbocycles. The number of amides is 1. The zero-order valence-corrected chi connectivity index (χ0v) is 12.6. The monoisotopic (exact) mass is 316 g/mol. The van der Waals surface area contributed by atoms with E-state index in [1.165, 1.54) is 17.6 Å². The molecule has 1 N–H and O–H groups in total. The molecule has 20 heavy (non-hydrogen) atoms. The summed E-state index contributed by atoms with van der Waals surface area (Å²) < 4.78 is 22.6. The molecule has 0 radical (unpaired) electrons. The number of rotatable bonds is 5. The maximum atomic E-state index is 11.8. The van der Waals surface area contributed by atoms with Gasteiger partial charge in [0.05, 0.1) is 17.7 Å². The van der Waals surface area contributed by atoms with E-state index in [0.717, 1.165) is 4.88 Å². The first-order valence-electron chi connectivity index (χ1n) is 6.20. The fraction of sp³-hybridized carbons (Fsp3) is 0.500. The molecule has 1 saturated heterocycles. The van der Waals surface area contributed by atoms with Crippen molar-refractivity contribution in [3.05, 3.63) is 22.4 Å². The van der Waals surface area contributed by atoms with E-state index >= 15 is 0 Å². The van der Waals surface area contributed by atoms with Crippen LogP contribution in [0, 0.1) is 0 Å². The summed E-state index contributed by atoms with van der Waals surface area (Å²) in [5, 5.41) is 8.32. The second-order valence-corrected chi connectivity index (χ2v) is 7.81. The number of carbonyl (C=O) groups is 1. The standard InChI is InChI=1S/C12H16N2O4S2/c1-9(18-13-7-11-3-2-5-19-11)12(15)14-10-4-6-20(16,17)8-10/h2-3,5,7,9-10H,4,6,8H2,1H3,(H,14,15). The summed E-state index contributed by atoms with van der Waals surface area (Å²) in [6, 6.07) is 3.45. The van der Waals surface area contributed by atoms with Gasteiger partial charge in [0.25, 0.3) is 5.91 Å². The van der Waals surface area contributed by atoms with Crippen LogP contribution in [0.15, 0.2) is 22.7 Å². The Hall–Kier alpha value is -1.41. The molecule has 0 bridgehead atoms. The molecule has 110 valence electrons. The summed E-state index contributed by atoms with van der Waals surface area (Å²) in [4.78, 5) is 17.8. The van der Waals surface area contributed by atoms with Gasteiger partial charge in [-0.1, -0.05) is 11.2 Å². The van der Waals surface area contributed by atoms with Crippen LogP contribution in [0.4, 0.5) is 0 Å². The normalized spacial score (nSPS) is 22.8. The highest BCUT2D eigenvalue weighted by molar-refractivity contribution is 7.91. The molecule has 2 rings (SSSR count). The van der Waals surface area contributed by atoms with Gasteiger partial charge in [-0.3, -0.25) is 4.79 Å². The van der Waals surface area contributed by atoms with Gasteiger partial charge in [-0.2, -0.15) is 0 Å². The molecule has 1 aliphatic rings. The van der Waals surface area contributed by atoms with Crippen molar-refractivity contribution >= 4 is 33.3 Å². The van der Waals surface area contributed by atoms with Crippen molar-refractivity contribution in [1.29, 1.82) is 0 Å². The molecule has 2 unspecified atom stereocenters. The first-order chi connectivity index (χ1) is 9.46. The van der Waals surface area contributed by atoms with E-state index in [2.05, 4.69) is 10.5 Å². The molecule has 1 aromatic rings. The number of nitrogens with one attached hydrogen (secondary N) is 1. The van der Waals surface area contributed by atoms with Gasteiger partial charge in [-0.05, 0) is 24.8 Å². The van der Waals surface area contributed by atoms with Gasteiger partial charge >= 0.3 is 0 Å². The fourth-order valence-electron chi connectivity index (χ4n) is 1.81. The van der Waals surface area contributed by atoms with E-state index in [0.29, 0.717) is 6.42 Å². The van der Waals surface area contributed by atoms with E-state index in [-0.39, 0.29) is 23.5 Å². The third-order valence-corrected chi connectivity index (χ3v) is 5.46. The lowest BCUT2D eigenvalue weighted by molar-refractivity contribution is -0.132. The van der Waals surface area contributed by atoms with Gasteiger partial charge in [0.15, 0.2) is 9.84 Å². The van der Waals surface area contributed by atoms with Gasteiger partial charge in [0.2, 0.25) is 6.10 Å². The minimum Gasteiger partial charge on any atom is -0.383 e. The largest absolute Gasteiger partial charge is 0.383 e. The minimum absolute atomic E-state index is 0.00389. The number of hydrogen-bond acceptors (Lipinski definition) is 6. The van der Waals surface area contributed by atoms with Crippen LogP contribution in [0.5, 0.6) is 0 Å². The zero-order valence-electron chi connectivity index (χ0n) is 11.0. The van der Waals surface area contributed by atoms with E-state index < -0.39 is 15.9 Å². The molecule has 2 heterocycles. The molecule has 2 atom stereocenters. The Bertz CT molecular complexity index is 581. The second kappa shape index (κ2) is 6.36. The van der Waals surface area contributed by atoms with Crippen LogP contribution in [0.3, 0.4) is 0 Å². The topological polar surface area (TPSA) is 84.8 Å². The third kappa shape index (κ3) is 4.31. The van der Waals surface area contributed by atoms with Gasteiger partial charge < -0.3 is 10.2 Å². The summed E-state index contributed by atoms with van der Waals surface area (Å²) >= 11 is 1.51. The number of carbonyl (C=O) groups excluding carboxylic acids is 1. The summed E-state index contributed by atoms with van der Waals surface area (Å²) in [7, 11) is -3.00. The van der Waals surface area contributed by atoms with Crippen molar-refractivity contribution in [2.24, 2.45) is 5.16 Å². The third-order valence-electron chi connectivity index (χ3n) is 2.89. The van der Waals surface area contributed by atoms with Crippen molar-refractivity contribution in [2.75, 3.05) is 11.5 Å². The summed E-state index contributed by atoms with van der Waals surface area (Å²) in [5.74, 6) is -0.219. The molecule has 0 aliphatic carbocycles. The van der Waals surface area contributed by atoms with Crippen LogP contribution in [0.2, 0.25) is 0 Å². The van der Waals surface area contributed by atoms with Crippen molar-refractivity contribution in [1.82, 2.24) is 5.32 Å². The van der Waals surface area contributed by atoms with Crippen LogP contribution >= 0.6 is 11.3 Å². The van der Waals surface area contributed by atoms with Crippen molar-refractivity contribution < 1.29 is 18.0 Å². The molecule has 8 heteroatoms. The summed E-state index contributed by atoms with van der Waals surface area (Å²) in [6.45, 7) is 1.57. The van der Waals surface area contributed by atoms with Crippen molar-refractivity contribution in [3.63, 3.8) is 0 Å². The Kier molecular flexibility index (Phi) is 4.77. The second-order valence-electron chi connectivity index (χ2n) is 4.61. The van der Waals surface area contributed by atoms with Gasteiger partial charge in [0.1, 0.15) is 0 Å². The Morgan fingerprint density at radius 3 is 3.05 bits per heavy atom. The Morgan fingerprint density at radius 2 is 2.45 bits per heavy atom. The first-order valence-corrected chi connectivity index (χ1v) is 8.90. The Labute approximate surface area is 121 Å². The zero-order chi connectivity index (χ0) is 14.6. The molecule has 6 nitrogen and oxygen atoms in total. The lowest BCUT2D eigenvalue weighted by atomic mass is 10.2. The highest BCUT2D eigenvalue weighted by Gasteiger charge is 2.30. The SMILES string of the molecule is CC(ON=Cc1cccs1)C(=O)NC1CCS(=O)(=O)C1. The van der Waals surface area contributed by atoms with E-state index in [4.69, 9.17) is 4.84 Å². The quantitative estimate of drug-likeness (QED) is 0.643. The van der Waals surface area contributed by atoms with E-state index in [9.17, 15) is 13.2 Å². The Morgan fingerprint density at radius 1 is 1.65 bits per heavy atom. The van der Waals surface area contributed by atoms with E-state index in [1.807, 2.05) is 17.5 Å². The van der Waals surface area contributed by atoms with Gasteiger partial charge in [-0.25, -0.2) is 8.42 Å². The lowest BCUT2D eigenvalue weighted by Gasteiger charge is -2.14.